The van der Waals surface area contributed by atoms with Crippen LogP contribution in [-0.2, 0) is 11.8 Å². The summed E-state index contributed by atoms with van der Waals surface area (Å²) in [7, 11) is 1.77. The summed E-state index contributed by atoms with van der Waals surface area (Å²) in [6.07, 6.45) is 3.50. The number of benzene rings is 1. The first-order chi connectivity index (χ1) is 10.1. The molecule has 0 bridgehead atoms. The van der Waals surface area contributed by atoms with Crippen molar-refractivity contribution in [3.63, 3.8) is 0 Å². The molecule has 1 aliphatic carbocycles. The minimum Gasteiger partial charge on any atom is -0.324 e. The second-order valence-corrected chi connectivity index (χ2v) is 5.52. The molecule has 7 nitrogen and oxygen atoms in total. The third-order valence-electron chi connectivity index (χ3n) is 3.95. The molecule has 8 heteroatoms. The van der Waals surface area contributed by atoms with E-state index >= 15 is 0 Å². The molecule has 22 heavy (non-hydrogen) atoms. The molecule has 1 fully saturated rings. The fourth-order valence-corrected chi connectivity index (χ4v) is 2.70. The lowest BCUT2D eigenvalue weighted by Crippen LogP contribution is -2.48. The Balaban J connectivity index is 0.00000176. The summed E-state index contributed by atoms with van der Waals surface area (Å²) < 4.78 is 1.59. The zero-order chi connectivity index (χ0) is 14.9. The van der Waals surface area contributed by atoms with Gasteiger partial charge in [0.25, 0.3) is 0 Å². The number of carbonyl (C=O) groups is 1. The van der Waals surface area contributed by atoms with E-state index in [2.05, 4.69) is 20.8 Å². The van der Waals surface area contributed by atoms with Gasteiger partial charge < -0.3 is 11.1 Å². The highest BCUT2D eigenvalue weighted by atomic mass is 35.5. The summed E-state index contributed by atoms with van der Waals surface area (Å²) in [6, 6.07) is 7.44. The van der Waals surface area contributed by atoms with Gasteiger partial charge in [0.15, 0.2) is 5.82 Å². The average Bonchev–Trinajstić information content (AvgIpc) is 3.09. The molecule has 3 N–H and O–H groups in total. The van der Waals surface area contributed by atoms with Crippen LogP contribution in [-0.4, -0.2) is 31.7 Å². The molecule has 0 saturated heterocycles. The Morgan fingerprint density at radius 3 is 2.73 bits per heavy atom. The summed E-state index contributed by atoms with van der Waals surface area (Å²) in [5.41, 5.74) is 6.98. The number of anilines is 1. The summed E-state index contributed by atoms with van der Waals surface area (Å²) in [6.45, 7) is 0. The molecule has 1 aromatic heterocycles. The van der Waals surface area contributed by atoms with Gasteiger partial charge in [-0.25, -0.2) is 4.68 Å². The molecule has 118 valence electrons. The number of rotatable bonds is 3. The van der Waals surface area contributed by atoms with Crippen molar-refractivity contribution in [2.75, 3.05) is 5.32 Å². The number of hydrogen-bond donors (Lipinski definition) is 2. The molecule has 1 amide bonds. The Morgan fingerprint density at radius 2 is 2.09 bits per heavy atom. The third-order valence-corrected chi connectivity index (χ3v) is 3.95. The number of aromatic nitrogens is 4. The van der Waals surface area contributed by atoms with Crippen molar-refractivity contribution in [3.8, 4) is 11.4 Å². The molecule has 1 saturated carbocycles. The highest BCUT2D eigenvalue weighted by Crippen LogP contribution is 2.29. The van der Waals surface area contributed by atoms with Crippen LogP contribution >= 0.6 is 12.4 Å². The number of carbonyl (C=O) groups excluding carboxylic acids is 1. The summed E-state index contributed by atoms with van der Waals surface area (Å²) in [5.74, 6) is 0.530. The number of nitrogens with zero attached hydrogens (tertiary/aromatic N) is 4. The lowest BCUT2D eigenvalue weighted by Gasteiger charge is -2.22. The SMILES string of the molecule is Cl.Cn1nnnc1-c1cccc(NC(=O)C2(N)CCCC2)c1. The van der Waals surface area contributed by atoms with Crippen molar-refractivity contribution in [2.24, 2.45) is 12.8 Å². The number of nitrogens with one attached hydrogen (secondary N) is 1. The minimum atomic E-state index is -0.734. The topological polar surface area (TPSA) is 98.7 Å². The normalized spacial score (nSPS) is 16.1. The fraction of sp³-hybridized carbons (Fsp3) is 0.429. The molecular formula is C14H19ClN6O. The van der Waals surface area contributed by atoms with Crippen LogP contribution in [0.25, 0.3) is 11.4 Å². The Labute approximate surface area is 134 Å². The van der Waals surface area contributed by atoms with Crippen molar-refractivity contribution in [2.45, 2.75) is 31.2 Å². The maximum Gasteiger partial charge on any atom is 0.244 e. The van der Waals surface area contributed by atoms with Crippen LogP contribution in [0.3, 0.4) is 0 Å². The van der Waals surface area contributed by atoms with Crippen LogP contribution in [0.1, 0.15) is 25.7 Å². The minimum absolute atomic E-state index is 0. The van der Waals surface area contributed by atoms with Crippen molar-refractivity contribution in [1.82, 2.24) is 20.2 Å². The first kappa shape index (κ1) is 16.4. The van der Waals surface area contributed by atoms with Crippen LogP contribution in [0.4, 0.5) is 5.69 Å². The first-order valence-corrected chi connectivity index (χ1v) is 7.02. The van der Waals surface area contributed by atoms with Crippen LogP contribution in [0.5, 0.6) is 0 Å². The maximum absolute atomic E-state index is 12.3. The summed E-state index contributed by atoms with van der Waals surface area (Å²) in [5, 5.41) is 14.3. The number of tetrazole rings is 1. The number of amides is 1. The molecule has 1 aromatic carbocycles. The van der Waals surface area contributed by atoms with Crippen LogP contribution < -0.4 is 11.1 Å². The van der Waals surface area contributed by atoms with Crippen molar-refractivity contribution in [1.29, 1.82) is 0 Å². The van der Waals surface area contributed by atoms with E-state index in [1.165, 1.54) is 0 Å². The predicted octanol–water partition coefficient (Wildman–Crippen LogP) is 1.51. The standard InChI is InChI=1S/C14H18N6O.ClH/c1-20-12(17-18-19-20)10-5-4-6-11(9-10)16-13(21)14(15)7-2-3-8-14;/h4-6,9H,2-3,7-8,15H2,1H3,(H,16,21);1H. The molecule has 2 aromatic rings. The quantitative estimate of drug-likeness (QED) is 0.892. The van der Waals surface area contributed by atoms with Crippen molar-refractivity contribution in [3.05, 3.63) is 24.3 Å². The Morgan fingerprint density at radius 1 is 1.36 bits per heavy atom. The zero-order valence-corrected chi connectivity index (χ0v) is 13.1. The van der Waals surface area contributed by atoms with E-state index in [-0.39, 0.29) is 18.3 Å². The van der Waals surface area contributed by atoms with Gasteiger partial charge in [-0.05, 0) is 35.4 Å². The highest BCUT2D eigenvalue weighted by Gasteiger charge is 2.36. The fourth-order valence-electron chi connectivity index (χ4n) is 2.70. The van der Waals surface area contributed by atoms with E-state index in [1.54, 1.807) is 11.7 Å². The van der Waals surface area contributed by atoms with Crippen molar-refractivity contribution < 1.29 is 4.79 Å². The van der Waals surface area contributed by atoms with Gasteiger partial charge in [-0.3, -0.25) is 4.79 Å². The second-order valence-electron chi connectivity index (χ2n) is 5.52. The van der Waals surface area contributed by atoms with E-state index < -0.39 is 5.54 Å². The van der Waals surface area contributed by atoms with Gasteiger partial charge in [0, 0.05) is 18.3 Å². The molecule has 0 radical (unpaired) electrons. The van der Waals surface area contributed by atoms with Gasteiger partial charge in [0.2, 0.25) is 5.91 Å². The van der Waals surface area contributed by atoms with Gasteiger partial charge in [0.05, 0.1) is 5.54 Å². The largest absolute Gasteiger partial charge is 0.324 e. The molecule has 0 spiro atoms. The van der Waals surface area contributed by atoms with Crippen LogP contribution in [0.15, 0.2) is 24.3 Å². The van der Waals surface area contributed by atoms with Crippen LogP contribution in [0, 0.1) is 0 Å². The zero-order valence-electron chi connectivity index (χ0n) is 12.3. The number of aryl methyl sites for hydroxylation is 1. The Hall–Kier alpha value is -1.99. The van der Waals surface area contributed by atoms with Gasteiger partial charge in [-0.1, -0.05) is 25.0 Å². The average molecular weight is 323 g/mol. The summed E-state index contributed by atoms with van der Waals surface area (Å²) in [4.78, 5) is 12.3. The number of hydrogen-bond acceptors (Lipinski definition) is 5. The molecule has 0 aliphatic heterocycles. The number of nitrogens with two attached hydrogens (primary N) is 1. The lowest BCUT2D eigenvalue weighted by atomic mass is 9.98. The maximum atomic E-state index is 12.3. The van der Waals surface area contributed by atoms with Crippen LogP contribution in [0.2, 0.25) is 0 Å². The summed E-state index contributed by atoms with van der Waals surface area (Å²) >= 11 is 0. The third kappa shape index (κ3) is 3.10. The molecule has 0 atom stereocenters. The Bertz CT molecular complexity index is 665. The second kappa shape index (κ2) is 6.41. The highest BCUT2D eigenvalue weighted by molar-refractivity contribution is 5.98. The van der Waals surface area contributed by atoms with E-state index in [9.17, 15) is 4.79 Å². The lowest BCUT2D eigenvalue weighted by molar-refractivity contribution is -0.121. The molecular weight excluding hydrogens is 304 g/mol. The van der Waals surface area contributed by atoms with Gasteiger partial charge in [0.1, 0.15) is 0 Å². The van der Waals surface area contributed by atoms with Gasteiger partial charge >= 0.3 is 0 Å². The smallest absolute Gasteiger partial charge is 0.244 e. The van der Waals surface area contributed by atoms with E-state index in [1.807, 2.05) is 24.3 Å². The Kier molecular flexibility index (Phi) is 4.77. The number of halogens is 1. The molecule has 1 heterocycles. The van der Waals surface area contributed by atoms with E-state index in [4.69, 9.17) is 5.73 Å². The predicted molar refractivity (Wildman–Crippen MR) is 85.5 cm³/mol. The van der Waals surface area contributed by atoms with Crippen molar-refractivity contribution >= 4 is 24.0 Å². The van der Waals surface area contributed by atoms with E-state index in [0.29, 0.717) is 11.5 Å². The first-order valence-electron chi connectivity index (χ1n) is 7.02. The monoisotopic (exact) mass is 322 g/mol. The van der Waals surface area contributed by atoms with Gasteiger partial charge in [-0.2, -0.15) is 0 Å². The van der Waals surface area contributed by atoms with E-state index in [0.717, 1.165) is 31.2 Å². The van der Waals surface area contributed by atoms with Gasteiger partial charge in [-0.15, -0.1) is 17.5 Å². The molecule has 0 unspecified atom stereocenters. The molecule has 3 rings (SSSR count). The molecule has 1 aliphatic rings.